The monoisotopic (exact) mass is 422 g/mol. The number of carbonyl (C=O) groups excluding carboxylic acids is 2. The quantitative estimate of drug-likeness (QED) is 0.632. The molecule has 0 atom stereocenters. The number of nitrogens with zero attached hydrogens (tertiary/aromatic N) is 2. The van der Waals surface area contributed by atoms with E-state index >= 15 is 0 Å². The molecule has 140 valence electrons. The normalized spacial score (nSPS) is 12.1. The summed E-state index contributed by atoms with van der Waals surface area (Å²) in [6.07, 6.45) is -5.04. The van der Waals surface area contributed by atoms with Gasteiger partial charge in [-0.05, 0) is 69.6 Å². The summed E-state index contributed by atoms with van der Waals surface area (Å²) < 4.78 is 36.5. The lowest BCUT2D eigenvalue weighted by Crippen LogP contribution is -2.44. The van der Waals surface area contributed by atoms with Crippen LogP contribution in [0.4, 0.5) is 24.2 Å². The lowest BCUT2D eigenvalue weighted by Gasteiger charge is -2.28. The van der Waals surface area contributed by atoms with Gasteiger partial charge < -0.3 is 9.47 Å². The van der Waals surface area contributed by atoms with E-state index in [0.29, 0.717) is 4.90 Å². The van der Waals surface area contributed by atoms with Crippen molar-refractivity contribution in [2.45, 2.75) is 59.2 Å². The first-order chi connectivity index (χ1) is 11.2. The lowest BCUT2D eigenvalue weighted by atomic mass is 10.2. The summed E-state index contributed by atoms with van der Waals surface area (Å²) in [6, 6.07) is 2.51. The Morgan fingerprint density at radius 3 is 1.84 bits per heavy atom. The molecule has 0 aliphatic carbocycles. The average molecular weight is 423 g/mol. The van der Waals surface area contributed by atoms with Crippen molar-refractivity contribution in [2.24, 2.45) is 0 Å². The fourth-order valence-corrected chi connectivity index (χ4v) is 2.00. The number of halogens is 3. The first kappa shape index (κ1) is 21.3. The van der Waals surface area contributed by atoms with Gasteiger partial charge in [-0.3, -0.25) is 0 Å². The molecule has 0 unspecified atom stereocenters. The third-order valence-electron chi connectivity index (χ3n) is 2.45. The fourth-order valence-electron chi connectivity index (χ4n) is 1.60. The van der Waals surface area contributed by atoms with Gasteiger partial charge >= 0.3 is 12.2 Å². The Balaban J connectivity index is 3.34. The number of alkyl halides is 2. The highest BCUT2D eigenvalue weighted by atomic mass is 79.9. The van der Waals surface area contributed by atoms with Crippen molar-refractivity contribution in [3.63, 3.8) is 0 Å². The molecule has 1 aromatic heterocycles. The van der Waals surface area contributed by atoms with Crippen LogP contribution in [0.3, 0.4) is 0 Å². The second-order valence-corrected chi connectivity index (χ2v) is 7.99. The first-order valence-corrected chi connectivity index (χ1v) is 8.21. The second kappa shape index (κ2) is 7.63. The molecule has 0 saturated heterocycles. The van der Waals surface area contributed by atoms with Crippen LogP contribution >= 0.6 is 15.9 Å². The zero-order valence-electron chi connectivity index (χ0n) is 14.9. The lowest BCUT2D eigenvalue weighted by molar-refractivity contribution is 0.0428. The number of hydrogen-bond acceptors (Lipinski definition) is 5. The molecule has 0 spiro atoms. The minimum Gasteiger partial charge on any atom is -0.443 e. The number of amides is 2. The molecule has 1 aromatic rings. The number of aromatic nitrogens is 1. The minimum absolute atomic E-state index is 0.0552. The van der Waals surface area contributed by atoms with E-state index in [9.17, 15) is 18.4 Å². The van der Waals surface area contributed by atoms with Crippen LogP contribution in [0.1, 0.15) is 53.7 Å². The summed E-state index contributed by atoms with van der Waals surface area (Å²) in [6.45, 7) is 9.65. The molecule has 25 heavy (non-hydrogen) atoms. The third kappa shape index (κ3) is 6.56. The van der Waals surface area contributed by atoms with E-state index < -0.39 is 35.5 Å². The van der Waals surface area contributed by atoms with E-state index in [2.05, 4.69) is 20.9 Å². The molecule has 0 fully saturated rings. The fraction of sp³-hybridized carbons (Fsp3) is 0.562. The molecule has 0 N–H and O–H groups in total. The van der Waals surface area contributed by atoms with E-state index in [1.807, 2.05) is 0 Å². The van der Waals surface area contributed by atoms with Crippen molar-refractivity contribution in [1.82, 2.24) is 4.98 Å². The van der Waals surface area contributed by atoms with Crippen molar-refractivity contribution in [3.8, 4) is 0 Å². The van der Waals surface area contributed by atoms with Crippen molar-refractivity contribution in [2.75, 3.05) is 4.90 Å². The van der Waals surface area contributed by atoms with Crippen molar-refractivity contribution >= 4 is 33.9 Å². The molecule has 0 saturated carbocycles. The average Bonchev–Trinajstić information content (AvgIpc) is 2.36. The Bertz CT molecular complexity index is 627. The largest absolute Gasteiger partial charge is 0.443 e. The topological polar surface area (TPSA) is 68.7 Å². The van der Waals surface area contributed by atoms with Gasteiger partial charge in [-0.1, -0.05) is 0 Å². The van der Waals surface area contributed by atoms with Crippen LogP contribution in [-0.4, -0.2) is 28.4 Å². The molecule has 0 radical (unpaired) electrons. The second-order valence-electron chi connectivity index (χ2n) is 7.13. The zero-order valence-corrected chi connectivity index (χ0v) is 16.5. The van der Waals surface area contributed by atoms with Crippen molar-refractivity contribution in [3.05, 3.63) is 22.3 Å². The summed E-state index contributed by atoms with van der Waals surface area (Å²) >= 11 is 2.96. The van der Waals surface area contributed by atoms with Crippen LogP contribution in [0.15, 0.2) is 16.6 Å². The van der Waals surface area contributed by atoms with Gasteiger partial charge in [0.25, 0.3) is 6.43 Å². The number of anilines is 1. The van der Waals surface area contributed by atoms with Gasteiger partial charge in [-0.15, -0.1) is 0 Å². The predicted molar refractivity (Wildman–Crippen MR) is 91.8 cm³/mol. The summed E-state index contributed by atoms with van der Waals surface area (Å²) in [7, 11) is 0. The third-order valence-corrected chi connectivity index (χ3v) is 3.12. The van der Waals surface area contributed by atoms with Crippen LogP contribution in [0, 0.1) is 0 Å². The Labute approximate surface area is 153 Å². The van der Waals surface area contributed by atoms with Gasteiger partial charge in [0, 0.05) is 4.47 Å². The minimum atomic E-state index is -2.89. The molecule has 0 aliphatic rings. The van der Waals surface area contributed by atoms with E-state index in [4.69, 9.17) is 9.47 Å². The first-order valence-electron chi connectivity index (χ1n) is 7.42. The number of carbonyl (C=O) groups is 2. The number of pyridine rings is 1. The van der Waals surface area contributed by atoms with Gasteiger partial charge in [0.1, 0.15) is 22.7 Å². The number of imide groups is 1. The summed E-state index contributed by atoms with van der Waals surface area (Å²) in [4.78, 5) is 29.0. The van der Waals surface area contributed by atoms with E-state index in [0.717, 1.165) is 0 Å². The maximum Gasteiger partial charge on any atom is 0.425 e. The maximum absolute atomic E-state index is 13.1. The number of ether oxygens (including phenoxy) is 2. The van der Waals surface area contributed by atoms with Crippen molar-refractivity contribution < 1.29 is 27.8 Å². The van der Waals surface area contributed by atoms with E-state index in [1.165, 1.54) is 12.1 Å². The smallest absolute Gasteiger partial charge is 0.425 e. The van der Waals surface area contributed by atoms with Gasteiger partial charge in [0.15, 0.2) is 0 Å². The Morgan fingerprint density at radius 1 is 1.04 bits per heavy atom. The van der Waals surface area contributed by atoms with Gasteiger partial charge in [0.2, 0.25) is 0 Å². The Kier molecular flexibility index (Phi) is 6.50. The number of rotatable bonds is 2. The molecule has 0 aliphatic heterocycles. The SMILES string of the molecule is CC(C)(C)OC(=O)N(C(=O)OC(C)(C)C)c1ccc(Br)c(C(F)F)n1. The number of hydrogen-bond donors (Lipinski definition) is 0. The van der Waals surface area contributed by atoms with Gasteiger partial charge in [-0.25, -0.2) is 23.4 Å². The van der Waals surface area contributed by atoms with Gasteiger partial charge in [-0.2, -0.15) is 4.90 Å². The van der Waals surface area contributed by atoms with Crippen LogP contribution in [0.2, 0.25) is 0 Å². The molecule has 0 aromatic carbocycles. The van der Waals surface area contributed by atoms with Crippen LogP contribution in [0.5, 0.6) is 0 Å². The predicted octanol–water partition coefficient (Wildman–Crippen LogP) is 5.46. The molecule has 1 rings (SSSR count). The molecular weight excluding hydrogens is 402 g/mol. The molecule has 9 heteroatoms. The summed E-state index contributed by atoms with van der Waals surface area (Å²) in [5.74, 6) is -0.318. The molecule has 1 heterocycles. The molecule has 0 bridgehead atoms. The Hall–Kier alpha value is -1.77. The maximum atomic E-state index is 13.1. The highest BCUT2D eigenvalue weighted by molar-refractivity contribution is 9.10. The summed E-state index contributed by atoms with van der Waals surface area (Å²) in [5, 5.41) is 0. The molecular formula is C16H21BrF2N2O4. The van der Waals surface area contributed by atoms with Crippen LogP contribution in [-0.2, 0) is 9.47 Å². The summed E-state index contributed by atoms with van der Waals surface area (Å²) in [5.41, 5.74) is -2.41. The Morgan fingerprint density at radius 2 is 1.48 bits per heavy atom. The molecule has 6 nitrogen and oxygen atoms in total. The highest BCUT2D eigenvalue weighted by Gasteiger charge is 2.34. The van der Waals surface area contributed by atoms with Crippen LogP contribution in [0.25, 0.3) is 0 Å². The highest BCUT2D eigenvalue weighted by Crippen LogP contribution is 2.29. The van der Waals surface area contributed by atoms with Gasteiger partial charge in [0.05, 0.1) is 0 Å². The van der Waals surface area contributed by atoms with Crippen molar-refractivity contribution in [1.29, 1.82) is 0 Å². The molecule has 2 amide bonds. The van der Waals surface area contributed by atoms with Crippen LogP contribution < -0.4 is 4.90 Å². The van der Waals surface area contributed by atoms with E-state index in [1.54, 1.807) is 41.5 Å². The van der Waals surface area contributed by atoms with E-state index in [-0.39, 0.29) is 10.3 Å². The standard InChI is InChI=1S/C16H21BrF2N2O4/c1-15(2,3)24-13(22)21(14(23)25-16(4,5)6)10-8-7-9(17)11(20-10)12(18)19/h7-8,12H,1-6H3. The zero-order chi connectivity index (χ0) is 19.6.